The first kappa shape index (κ1) is 19.5. The van der Waals surface area contributed by atoms with Crippen LogP contribution in [0, 0.1) is 0 Å². The molecule has 6 heteroatoms. The van der Waals surface area contributed by atoms with Crippen LogP contribution in [0.4, 0.5) is 5.69 Å². The summed E-state index contributed by atoms with van der Waals surface area (Å²) in [6, 6.07) is 17.6. The molecule has 0 N–H and O–H groups in total. The molecule has 1 aliphatic carbocycles. The zero-order chi connectivity index (χ0) is 20.4. The third-order valence-electron chi connectivity index (χ3n) is 5.98. The smallest absolute Gasteiger partial charge is 0.330 e. The van der Waals surface area contributed by atoms with E-state index in [-0.39, 0.29) is 18.4 Å². The predicted molar refractivity (Wildman–Crippen MR) is 111 cm³/mol. The van der Waals surface area contributed by atoms with Crippen LogP contribution in [0.25, 0.3) is 11.1 Å². The van der Waals surface area contributed by atoms with Gasteiger partial charge in [0.15, 0.2) is 6.04 Å². The lowest BCUT2D eigenvalue weighted by molar-refractivity contribution is -0.150. The summed E-state index contributed by atoms with van der Waals surface area (Å²) in [7, 11) is 3.03. The van der Waals surface area contributed by atoms with Crippen molar-refractivity contribution in [1.29, 1.82) is 0 Å². The molecule has 0 aromatic heterocycles. The number of hydrogen-bond acceptors (Lipinski definition) is 5. The largest absolute Gasteiger partial charge is 0.467 e. The minimum absolute atomic E-state index is 0.0202. The maximum atomic E-state index is 13.0. The van der Waals surface area contributed by atoms with E-state index < -0.39 is 11.6 Å². The number of carbonyl (C=O) groups excluding carboxylic acids is 2. The van der Waals surface area contributed by atoms with E-state index in [1.54, 1.807) is 7.11 Å². The normalized spacial score (nSPS) is 20.1. The lowest BCUT2D eigenvalue weighted by Gasteiger charge is -2.47. The van der Waals surface area contributed by atoms with Crippen LogP contribution in [0.3, 0.4) is 0 Å². The molecule has 0 radical (unpaired) electrons. The Bertz CT molecular complexity index is 878. The second-order valence-corrected chi connectivity index (χ2v) is 7.61. The first-order chi connectivity index (χ1) is 14.1. The predicted octanol–water partition coefficient (Wildman–Crippen LogP) is 2.72. The zero-order valence-electron chi connectivity index (χ0n) is 16.8. The number of anilines is 1. The SMILES string of the molecule is COCCN1C(=O)CN(c2ccc(-c3ccccc3)cc2)C(C(=O)OC)C12CC2. The van der Waals surface area contributed by atoms with Gasteiger partial charge in [-0.1, -0.05) is 42.5 Å². The Labute approximate surface area is 171 Å². The molecule has 1 atom stereocenters. The fourth-order valence-electron chi connectivity index (χ4n) is 4.38. The summed E-state index contributed by atoms with van der Waals surface area (Å²) in [6.07, 6.45) is 1.58. The minimum atomic E-state index is -0.510. The van der Waals surface area contributed by atoms with Crippen molar-refractivity contribution < 1.29 is 19.1 Å². The van der Waals surface area contributed by atoms with Crippen molar-refractivity contribution in [2.24, 2.45) is 0 Å². The molecule has 1 unspecified atom stereocenters. The molecule has 2 fully saturated rings. The molecule has 2 aromatic carbocycles. The van der Waals surface area contributed by atoms with Crippen molar-refractivity contribution in [3.8, 4) is 11.1 Å². The van der Waals surface area contributed by atoms with E-state index in [2.05, 4.69) is 12.1 Å². The van der Waals surface area contributed by atoms with Crippen LogP contribution in [-0.2, 0) is 19.1 Å². The number of hydrogen-bond donors (Lipinski definition) is 0. The first-order valence-electron chi connectivity index (χ1n) is 9.90. The van der Waals surface area contributed by atoms with Gasteiger partial charge in [0.1, 0.15) is 0 Å². The van der Waals surface area contributed by atoms with Gasteiger partial charge in [-0.15, -0.1) is 0 Å². The van der Waals surface area contributed by atoms with Crippen LogP contribution in [0.1, 0.15) is 12.8 Å². The Morgan fingerprint density at radius 1 is 1.03 bits per heavy atom. The lowest BCUT2D eigenvalue weighted by Crippen LogP contribution is -2.67. The first-order valence-corrected chi connectivity index (χ1v) is 9.90. The number of carbonyl (C=O) groups is 2. The van der Waals surface area contributed by atoms with E-state index >= 15 is 0 Å². The highest BCUT2D eigenvalue weighted by Gasteiger charge is 2.63. The van der Waals surface area contributed by atoms with Crippen molar-refractivity contribution >= 4 is 17.6 Å². The molecule has 1 heterocycles. The van der Waals surface area contributed by atoms with Crippen LogP contribution in [-0.4, -0.2) is 62.3 Å². The van der Waals surface area contributed by atoms with Gasteiger partial charge in [0.2, 0.25) is 5.91 Å². The summed E-state index contributed by atoms with van der Waals surface area (Å²) in [5.41, 5.74) is 2.57. The third kappa shape index (κ3) is 3.49. The third-order valence-corrected chi connectivity index (χ3v) is 5.98. The fraction of sp³-hybridized carbons (Fsp3) is 0.391. The summed E-state index contributed by atoms with van der Waals surface area (Å²) < 4.78 is 10.3. The summed E-state index contributed by atoms with van der Waals surface area (Å²) in [5.74, 6) is -0.281. The maximum Gasteiger partial charge on any atom is 0.330 e. The van der Waals surface area contributed by atoms with E-state index in [9.17, 15) is 9.59 Å². The van der Waals surface area contributed by atoms with E-state index in [0.29, 0.717) is 13.2 Å². The molecule has 1 saturated carbocycles. The van der Waals surface area contributed by atoms with Gasteiger partial charge >= 0.3 is 5.97 Å². The van der Waals surface area contributed by atoms with Crippen LogP contribution < -0.4 is 4.90 Å². The molecule has 1 aliphatic heterocycles. The topological polar surface area (TPSA) is 59.1 Å². The van der Waals surface area contributed by atoms with Crippen LogP contribution >= 0.6 is 0 Å². The van der Waals surface area contributed by atoms with Crippen molar-refractivity contribution in [3.63, 3.8) is 0 Å². The average molecular weight is 394 g/mol. The minimum Gasteiger partial charge on any atom is -0.467 e. The Morgan fingerprint density at radius 3 is 2.28 bits per heavy atom. The number of amides is 1. The summed E-state index contributed by atoms with van der Waals surface area (Å²) in [6.45, 7) is 1.09. The Balaban J connectivity index is 1.65. The van der Waals surface area contributed by atoms with Gasteiger partial charge in [0.05, 0.1) is 25.8 Å². The molecule has 4 rings (SSSR count). The monoisotopic (exact) mass is 394 g/mol. The summed E-state index contributed by atoms with van der Waals surface area (Å²) in [4.78, 5) is 29.5. The van der Waals surface area contributed by atoms with Gasteiger partial charge in [0.25, 0.3) is 0 Å². The number of rotatable bonds is 6. The second-order valence-electron chi connectivity index (χ2n) is 7.61. The van der Waals surface area contributed by atoms with Gasteiger partial charge in [-0.05, 0) is 36.1 Å². The van der Waals surface area contributed by atoms with Crippen molar-refractivity contribution in [3.05, 3.63) is 54.6 Å². The quantitative estimate of drug-likeness (QED) is 0.705. The second kappa shape index (κ2) is 7.87. The molecule has 2 aromatic rings. The number of nitrogens with zero attached hydrogens (tertiary/aromatic N) is 2. The van der Waals surface area contributed by atoms with E-state index in [4.69, 9.17) is 9.47 Å². The zero-order valence-corrected chi connectivity index (χ0v) is 16.8. The van der Waals surface area contributed by atoms with Crippen molar-refractivity contribution in [1.82, 2.24) is 4.90 Å². The molecule has 29 heavy (non-hydrogen) atoms. The highest BCUT2D eigenvalue weighted by molar-refractivity contribution is 5.93. The van der Waals surface area contributed by atoms with E-state index in [1.807, 2.05) is 52.3 Å². The molecular formula is C23H26N2O4. The molecular weight excluding hydrogens is 368 g/mol. The van der Waals surface area contributed by atoms with Crippen molar-refractivity contribution in [2.75, 3.05) is 38.8 Å². The molecule has 1 saturated heterocycles. The fourth-order valence-corrected chi connectivity index (χ4v) is 4.38. The van der Waals surface area contributed by atoms with Gasteiger partial charge in [-0.25, -0.2) is 4.79 Å². The van der Waals surface area contributed by atoms with Crippen LogP contribution in [0.2, 0.25) is 0 Å². The molecule has 2 aliphatic rings. The number of ether oxygens (including phenoxy) is 2. The molecule has 6 nitrogen and oxygen atoms in total. The summed E-state index contributed by atoms with van der Waals surface area (Å²) >= 11 is 0. The van der Waals surface area contributed by atoms with E-state index in [0.717, 1.165) is 29.7 Å². The molecule has 152 valence electrons. The van der Waals surface area contributed by atoms with Crippen molar-refractivity contribution in [2.45, 2.75) is 24.4 Å². The van der Waals surface area contributed by atoms with Crippen LogP contribution in [0.15, 0.2) is 54.6 Å². The standard InChI is InChI=1S/C23H26N2O4/c1-28-15-14-25-20(26)16-24(21(22(27)29-2)23(25)12-13-23)19-10-8-18(9-11-19)17-6-4-3-5-7-17/h3-11,21H,12-16H2,1-2H3. The average Bonchev–Trinajstić information content (AvgIpc) is 3.54. The number of methoxy groups -OCH3 is 2. The van der Waals surface area contributed by atoms with Gasteiger partial charge in [-0.2, -0.15) is 0 Å². The Morgan fingerprint density at radius 2 is 1.69 bits per heavy atom. The highest BCUT2D eigenvalue weighted by atomic mass is 16.5. The lowest BCUT2D eigenvalue weighted by atomic mass is 9.96. The van der Waals surface area contributed by atoms with Crippen LogP contribution in [0.5, 0.6) is 0 Å². The number of benzene rings is 2. The maximum absolute atomic E-state index is 13.0. The number of esters is 1. The Hall–Kier alpha value is -2.86. The van der Waals surface area contributed by atoms with Gasteiger partial charge in [0, 0.05) is 19.3 Å². The van der Waals surface area contributed by atoms with Gasteiger partial charge in [-0.3, -0.25) is 4.79 Å². The molecule has 0 bridgehead atoms. The van der Waals surface area contributed by atoms with Gasteiger partial charge < -0.3 is 19.3 Å². The highest BCUT2D eigenvalue weighted by Crippen LogP contribution is 2.50. The number of piperazine rings is 1. The Kier molecular flexibility index (Phi) is 5.28. The molecule has 1 spiro atoms. The summed E-state index contributed by atoms with van der Waals surface area (Å²) in [5, 5.41) is 0. The molecule has 1 amide bonds. The van der Waals surface area contributed by atoms with E-state index in [1.165, 1.54) is 7.11 Å².